The molecule has 0 aliphatic rings. The van der Waals surface area contributed by atoms with Gasteiger partial charge in [0.25, 0.3) is 0 Å². The molecule has 2 aromatic carbocycles. The summed E-state index contributed by atoms with van der Waals surface area (Å²) in [5.41, 5.74) is 1.50. The maximum Gasteiger partial charge on any atom is 0.171 e. The summed E-state index contributed by atoms with van der Waals surface area (Å²) in [5.74, 6) is 0.975. The smallest absolute Gasteiger partial charge is 0.171 e. The third kappa shape index (κ3) is 4.49. The number of halogens is 2. The second kappa shape index (κ2) is 8.17. The van der Waals surface area contributed by atoms with E-state index in [9.17, 15) is 4.39 Å². The van der Waals surface area contributed by atoms with E-state index < -0.39 is 5.82 Å². The highest BCUT2D eigenvalue weighted by Crippen LogP contribution is 2.29. The largest absolute Gasteiger partial charge is 0.497 e. The Hall–Kier alpha value is -2.05. The molecule has 0 aliphatic carbocycles. The second-order valence-electron chi connectivity index (χ2n) is 5.06. The van der Waals surface area contributed by atoms with Gasteiger partial charge in [-0.3, -0.25) is 0 Å². The van der Waals surface area contributed by atoms with Crippen LogP contribution >= 0.6 is 23.8 Å². The van der Waals surface area contributed by atoms with Crippen molar-refractivity contribution < 1.29 is 13.9 Å². The van der Waals surface area contributed by atoms with Crippen LogP contribution in [0.5, 0.6) is 11.5 Å². The molecule has 7 heteroatoms. The fraction of sp³-hybridized carbons (Fsp3) is 0.235. The zero-order valence-corrected chi connectivity index (χ0v) is 15.1. The standard InChI is InChI=1S/C17H18ClFN2O2S/c1-10(13-9-12(22-2)5-7-16(13)23-3)20-17(24)21-11-4-6-15(19)14(18)8-11/h4-10H,1-3H3,(H2,20,21,24)/t10-/m1/s1. The third-order valence-corrected chi connectivity index (χ3v) is 3.94. The highest BCUT2D eigenvalue weighted by atomic mass is 35.5. The van der Waals surface area contributed by atoms with Crippen LogP contribution in [0.1, 0.15) is 18.5 Å². The maximum atomic E-state index is 13.2. The number of thiocarbonyl (C=S) groups is 1. The molecule has 0 amide bonds. The molecule has 0 heterocycles. The summed E-state index contributed by atoms with van der Waals surface area (Å²) in [6, 6.07) is 9.73. The van der Waals surface area contributed by atoms with Crippen molar-refractivity contribution in [3.63, 3.8) is 0 Å². The summed E-state index contributed by atoms with van der Waals surface area (Å²) >= 11 is 11.1. The molecule has 0 spiro atoms. The summed E-state index contributed by atoms with van der Waals surface area (Å²) in [6.45, 7) is 1.95. The third-order valence-electron chi connectivity index (χ3n) is 3.43. The van der Waals surface area contributed by atoms with Crippen molar-refractivity contribution in [2.45, 2.75) is 13.0 Å². The Labute approximate surface area is 150 Å². The lowest BCUT2D eigenvalue weighted by Crippen LogP contribution is -2.31. The molecule has 1 atom stereocenters. The lowest BCUT2D eigenvalue weighted by molar-refractivity contribution is 0.395. The Morgan fingerprint density at radius 1 is 1.17 bits per heavy atom. The van der Waals surface area contributed by atoms with Gasteiger partial charge >= 0.3 is 0 Å². The van der Waals surface area contributed by atoms with Crippen molar-refractivity contribution in [3.8, 4) is 11.5 Å². The Kier molecular flexibility index (Phi) is 6.23. The van der Waals surface area contributed by atoms with Crippen molar-refractivity contribution in [3.05, 3.63) is 52.8 Å². The van der Waals surface area contributed by atoms with E-state index in [4.69, 9.17) is 33.3 Å². The van der Waals surface area contributed by atoms with Crippen molar-refractivity contribution in [2.75, 3.05) is 19.5 Å². The van der Waals surface area contributed by atoms with Gasteiger partial charge in [0.15, 0.2) is 5.11 Å². The number of anilines is 1. The first-order valence-corrected chi connectivity index (χ1v) is 7.97. The SMILES string of the molecule is COc1ccc(OC)c([C@@H](C)NC(=S)Nc2ccc(F)c(Cl)c2)c1. The van der Waals surface area contributed by atoms with Gasteiger partial charge in [0.1, 0.15) is 17.3 Å². The van der Waals surface area contributed by atoms with E-state index >= 15 is 0 Å². The fourth-order valence-corrected chi connectivity index (χ4v) is 2.67. The molecule has 4 nitrogen and oxygen atoms in total. The van der Waals surface area contributed by atoms with Crippen molar-refractivity contribution >= 4 is 34.6 Å². The average molecular weight is 369 g/mol. The molecule has 0 fully saturated rings. The van der Waals surface area contributed by atoms with Crippen LogP contribution in [-0.4, -0.2) is 19.3 Å². The molecule has 0 saturated heterocycles. The van der Waals surface area contributed by atoms with Crippen LogP contribution < -0.4 is 20.1 Å². The number of rotatable bonds is 5. The zero-order chi connectivity index (χ0) is 17.7. The summed E-state index contributed by atoms with van der Waals surface area (Å²) in [7, 11) is 3.21. The van der Waals surface area contributed by atoms with Crippen molar-refractivity contribution in [2.24, 2.45) is 0 Å². The molecular formula is C17H18ClFN2O2S. The first-order chi connectivity index (χ1) is 11.4. The monoisotopic (exact) mass is 368 g/mol. The van der Waals surface area contributed by atoms with E-state index in [-0.39, 0.29) is 11.1 Å². The minimum atomic E-state index is -0.476. The van der Waals surface area contributed by atoms with Gasteiger partial charge in [-0.25, -0.2) is 4.39 Å². The van der Waals surface area contributed by atoms with Gasteiger partial charge in [-0.15, -0.1) is 0 Å². The van der Waals surface area contributed by atoms with Crippen LogP contribution in [0, 0.1) is 5.82 Å². The number of hydrogen-bond acceptors (Lipinski definition) is 3. The number of ether oxygens (including phenoxy) is 2. The van der Waals surface area contributed by atoms with Gasteiger partial charge in [0.2, 0.25) is 0 Å². The highest BCUT2D eigenvalue weighted by Gasteiger charge is 2.14. The topological polar surface area (TPSA) is 42.5 Å². The van der Waals surface area contributed by atoms with Crippen molar-refractivity contribution in [1.82, 2.24) is 5.32 Å². The molecule has 2 aromatic rings. The van der Waals surface area contributed by atoms with Gasteiger partial charge < -0.3 is 20.1 Å². The average Bonchev–Trinajstić information content (AvgIpc) is 2.57. The van der Waals surface area contributed by atoms with Gasteiger partial charge in [0, 0.05) is 11.3 Å². The van der Waals surface area contributed by atoms with Crippen LogP contribution in [0.3, 0.4) is 0 Å². The molecule has 0 aliphatic heterocycles. The predicted molar refractivity (Wildman–Crippen MR) is 98.7 cm³/mol. The molecule has 128 valence electrons. The number of hydrogen-bond donors (Lipinski definition) is 2. The number of benzene rings is 2. The predicted octanol–water partition coefficient (Wildman–Crippen LogP) is 4.54. The lowest BCUT2D eigenvalue weighted by Gasteiger charge is -2.20. The molecule has 0 unspecified atom stereocenters. The van der Waals surface area contributed by atoms with E-state index in [0.29, 0.717) is 10.8 Å². The summed E-state index contributed by atoms with van der Waals surface area (Å²) in [4.78, 5) is 0. The molecule has 0 aromatic heterocycles. The highest BCUT2D eigenvalue weighted by molar-refractivity contribution is 7.80. The number of methoxy groups -OCH3 is 2. The van der Waals surface area contributed by atoms with Crippen molar-refractivity contribution in [1.29, 1.82) is 0 Å². The Balaban J connectivity index is 2.09. The molecule has 0 bridgehead atoms. The summed E-state index contributed by atoms with van der Waals surface area (Å²) < 4.78 is 23.8. The van der Waals surface area contributed by atoms with Gasteiger partial charge in [-0.2, -0.15) is 0 Å². The van der Waals surface area contributed by atoms with Crippen LogP contribution in [-0.2, 0) is 0 Å². The summed E-state index contributed by atoms with van der Waals surface area (Å²) in [6.07, 6.45) is 0. The Bertz CT molecular complexity index is 743. The fourth-order valence-electron chi connectivity index (χ4n) is 2.19. The normalized spacial score (nSPS) is 11.5. The van der Waals surface area contributed by atoms with Crippen LogP contribution in [0.25, 0.3) is 0 Å². The van der Waals surface area contributed by atoms with E-state index in [2.05, 4.69) is 10.6 Å². The number of nitrogens with one attached hydrogen (secondary N) is 2. The quantitative estimate of drug-likeness (QED) is 0.758. The van der Waals surface area contributed by atoms with Crippen LogP contribution in [0.4, 0.5) is 10.1 Å². The first-order valence-electron chi connectivity index (χ1n) is 7.19. The van der Waals surface area contributed by atoms with E-state index in [1.165, 1.54) is 12.1 Å². The maximum absolute atomic E-state index is 13.2. The first kappa shape index (κ1) is 18.3. The second-order valence-corrected chi connectivity index (χ2v) is 5.87. The zero-order valence-electron chi connectivity index (χ0n) is 13.5. The Morgan fingerprint density at radius 3 is 2.54 bits per heavy atom. The summed E-state index contributed by atoms with van der Waals surface area (Å²) in [5, 5.41) is 6.54. The van der Waals surface area contributed by atoms with Crippen LogP contribution in [0.2, 0.25) is 5.02 Å². The van der Waals surface area contributed by atoms with E-state index in [1.807, 2.05) is 25.1 Å². The minimum absolute atomic E-state index is 0.0327. The Morgan fingerprint density at radius 2 is 1.92 bits per heavy atom. The molecule has 0 saturated carbocycles. The van der Waals surface area contributed by atoms with Crippen LogP contribution in [0.15, 0.2) is 36.4 Å². The molecule has 24 heavy (non-hydrogen) atoms. The minimum Gasteiger partial charge on any atom is -0.497 e. The lowest BCUT2D eigenvalue weighted by atomic mass is 10.1. The molecular weight excluding hydrogens is 351 g/mol. The van der Waals surface area contributed by atoms with Gasteiger partial charge in [-0.05, 0) is 55.5 Å². The van der Waals surface area contributed by atoms with E-state index in [0.717, 1.165) is 17.1 Å². The van der Waals surface area contributed by atoms with Gasteiger partial charge in [-0.1, -0.05) is 11.6 Å². The van der Waals surface area contributed by atoms with Gasteiger partial charge in [0.05, 0.1) is 25.3 Å². The molecule has 2 rings (SSSR count). The van der Waals surface area contributed by atoms with E-state index in [1.54, 1.807) is 20.3 Å². The molecule has 0 radical (unpaired) electrons. The molecule has 2 N–H and O–H groups in total.